The Hall–Kier alpha value is -4.95. The number of aliphatic hydroxyl groups is 1. The summed E-state index contributed by atoms with van der Waals surface area (Å²) in [6.07, 6.45) is 14.7. The number of nitrogens with one attached hydrogen (secondary N) is 2. The monoisotopic (exact) mass is 783 g/mol. The molecule has 6 heterocycles. The second-order valence-corrected chi connectivity index (χ2v) is 18.0. The first-order chi connectivity index (χ1) is 27.2. The summed E-state index contributed by atoms with van der Waals surface area (Å²) in [4.78, 5) is 43.8. The van der Waals surface area contributed by atoms with Crippen molar-refractivity contribution in [3.63, 3.8) is 0 Å². The molecule has 2 unspecified atom stereocenters. The Morgan fingerprint density at radius 3 is 1.82 bits per heavy atom. The summed E-state index contributed by atoms with van der Waals surface area (Å²) in [5.41, 5.74) is 14.3. The molecule has 4 aromatic heterocycles. The van der Waals surface area contributed by atoms with Crippen LogP contribution in [0.25, 0.3) is 20.4 Å². The Kier molecular flexibility index (Phi) is 9.94. The summed E-state index contributed by atoms with van der Waals surface area (Å²) in [5, 5.41) is 19.2. The van der Waals surface area contributed by atoms with Gasteiger partial charge >= 0.3 is 0 Å². The lowest BCUT2D eigenvalue weighted by molar-refractivity contribution is -0.134. The van der Waals surface area contributed by atoms with Gasteiger partial charge in [-0.3, -0.25) is 14.8 Å². The smallest absolute Gasteiger partial charge is 0.163 e. The maximum atomic E-state index is 12.1. The Balaban J connectivity index is 0.000000149. The van der Waals surface area contributed by atoms with Crippen molar-refractivity contribution in [3.8, 4) is 0 Å². The van der Waals surface area contributed by atoms with Crippen LogP contribution in [-0.4, -0.2) is 55.4 Å². The molecule has 0 radical (unpaired) electrons. The van der Waals surface area contributed by atoms with E-state index >= 15 is 0 Å². The number of aliphatic imine (C=N–C) groups is 2. The van der Waals surface area contributed by atoms with Crippen LogP contribution in [0, 0.1) is 11.8 Å². The predicted octanol–water partition coefficient (Wildman–Crippen LogP) is 8.02. The number of nitrogens with two attached hydrogens (primary N) is 1. The number of thiophene rings is 2. The van der Waals surface area contributed by atoms with Crippen molar-refractivity contribution in [1.29, 1.82) is 0 Å². The molecule has 0 saturated carbocycles. The molecule has 0 spiro atoms. The fourth-order valence-electron chi connectivity index (χ4n) is 8.27. The van der Waals surface area contributed by atoms with E-state index in [-0.39, 0.29) is 5.78 Å². The van der Waals surface area contributed by atoms with E-state index in [1.165, 1.54) is 43.0 Å². The zero-order valence-corrected chi connectivity index (χ0v) is 33.3. The lowest BCUT2D eigenvalue weighted by atomic mass is 9.83. The molecule has 0 saturated heterocycles. The number of anilines is 4. The molecule has 56 heavy (non-hydrogen) atoms. The molecule has 0 fully saturated rings. The lowest BCUT2D eigenvalue weighted by Crippen LogP contribution is -2.31. The Bertz CT molecular complexity index is 2530. The summed E-state index contributed by atoms with van der Waals surface area (Å²) in [7, 11) is 0. The number of carbonyl (C=O) groups is 1. The van der Waals surface area contributed by atoms with Crippen LogP contribution in [0.2, 0.25) is 0 Å². The molecule has 13 heteroatoms. The molecule has 2 aliphatic carbocycles. The zero-order valence-electron chi connectivity index (χ0n) is 31.6. The van der Waals surface area contributed by atoms with Crippen LogP contribution in [0.5, 0.6) is 0 Å². The zero-order chi connectivity index (χ0) is 38.4. The molecule has 4 aliphatic rings. The highest BCUT2D eigenvalue weighted by molar-refractivity contribution is 7.19. The van der Waals surface area contributed by atoms with E-state index in [9.17, 15) is 9.90 Å². The summed E-state index contributed by atoms with van der Waals surface area (Å²) in [6.45, 7) is 5.45. The number of aryl methyl sites for hydroxylation is 2. The molecule has 6 aromatic rings. The molecular formula is C43H45N9O2S2. The number of ketones is 1. The van der Waals surface area contributed by atoms with E-state index in [2.05, 4.69) is 77.0 Å². The maximum Gasteiger partial charge on any atom is 0.163 e. The minimum atomic E-state index is -1.24. The van der Waals surface area contributed by atoms with Gasteiger partial charge in [-0.25, -0.2) is 19.9 Å². The van der Waals surface area contributed by atoms with Crippen molar-refractivity contribution >= 4 is 84.3 Å². The minimum Gasteiger partial charge on any atom is -0.383 e. The van der Waals surface area contributed by atoms with E-state index in [4.69, 9.17) is 5.73 Å². The SMILES string of the molecule is CC(C)(O)C(=O)CCC1CCc2c(sc3ncnc(Nc4ccc5c(c4)C=NC5)c23)C1.NCC1CCc2c(sc3ncnc(Nc4ccc5c(c4)C=NC5)c23)C1. The molecular weight excluding hydrogens is 739 g/mol. The van der Waals surface area contributed by atoms with Gasteiger partial charge in [0.1, 0.15) is 39.6 Å². The number of aromatic nitrogens is 4. The number of fused-ring (bicyclic) bond motifs is 8. The van der Waals surface area contributed by atoms with Crippen molar-refractivity contribution in [2.45, 2.75) is 83.9 Å². The average molecular weight is 784 g/mol. The highest BCUT2D eigenvalue weighted by Gasteiger charge is 2.29. The highest BCUT2D eigenvalue weighted by Crippen LogP contribution is 2.42. The van der Waals surface area contributed by atoms with E-state index in [0.717, 1.165) is 108 Å². The van der Waals surface area contributed by atoms with Gasteiger partial charge in [0.25, 0.3) is 0 Å². The minimum absolute atomic E-state index is 0.0774. The predicted molar refractivity (Wildman–Crippen MR) is 227 cm³/mol. The second-order valence-electron chi connectivity index (χ2n) is 15.8. The van der Waals surface area contributed by atoms with Crippen molar-refractivity contribution < 1.29 is 9.90 Å². The van der Waals surface area contributed by atoms with Gasteiger partial charge in [-0.2, -0.15) is 0 Å². The van der Waals surface area contributed by atoms with Crippen LogP contribution in [-0.2, 0) is 43.6 Å². The molecule has 286 valence electrons. The van der Waals surface area contributed by atoms with E-state index in [1.807, 2.05) is 12.4 Å². The summed E-state index contributed by atoms with van der Waals surface area (Å²) in [5.74, 6) is 2.75. The molecule has 11 nitrogen and oxygen atoms in total. The molecule has 2 atom stereocenters. The van der Waals surface area contributed by atoms with Crippen LogP contribution in [0.4, 0.5) is 23.0 Å². The molecule has 2 aliphatic heterocycles. The van der Waals surface area contributed by atoms with Gasteiger partial charge in [0, 0.05) is 40.0 Å². The summed E-state index contributed by atoms with van der Waals surface area (Å²) >= 11 is 3.54. The number of nitrogens with zero attached hydrogens (tertiary/aromatic N) is 6. The molecule has 0 amide bonds. The highest BCUT2D eigenvalue weighted by atomic mass is 32.1. The van der Waals surface area contributed by atoms with Gasteiger partial charge in [0.05, 0.1) is 23.9 Å². The van der Waals surface area contributed by atoms with E-state index in [1.54, 1.807) is 49.2 Å². The molecule has 5 N–H and O–H groups in total. The first-order valence-corrected chi connectivity index (χ1v) is 21.1. The van der Waals surface area contributed by atoms with E-state index < -0.39 is 5.60 Å². The molecule has 2 aromatic carbocycles. The van der Waals surface area contributed by atoms with Crippen molar-refractivity contribution in [2.24, 2.45) is 27.6 Å². The van der Waals surface area contributed by atoms with Gasteiger partial charge < -0.3 is 21.5 Å². The fourth-order valence-corrected chi connectivity index (χ4v) is 10.9. The maximum absolute atomic E-state index is 12.1. The van der Waals surface area contributed by atoms with Crippen molar-refractivity contribution in [2.75, 3.05) is 17.2 Å². The quantitative estimate of drug-likeness (QED) is 0.114. The second kappa shape index (κ2) is 15.2. The van der Waals surface area contributed by atoms with Gasteiger partial charge in [-0.15, -0.1) is 22.7 Å². The first kappa shape index (κ1) is 36.7. The van der Waals surface area contributed by atoms with Crippen LogP contribution in [0.15, 0.2) is 59.0 Å². The van der Waals surface area contributed by atoms with Crippen LogP contribution in [0.3, 0.4) is 0 Å². The average Bonchev–Trinajstić information content (AvgIpc) is 4.01. The lowest BCUT2D eigenvalue weighted by Gasteiger charge is -2.23. The Morgan fingerprint density at radius 2 is 1.30 bits per heavy atom. The molecule has 0 bridgehead atoms. The summed E-state index contributed by atoms with van der Waals surface area (Å²) < 4.78 is 0. The number of hydrogen-bond donors (Lipinski definition) is 4. The van der Waals surface area contributed by atoms with Crippen LogP contribution in [0.1, 0.15) is 82.7 Å². The van der Waals surface area contributed by atoms with E-state index in [0.29, 0.717) is 18.3 Å². The Labute approximate surface area is 333 Å². The standard InChI is InChI=1S/C24H26N4O2S.C19H19N5S/c1-24(2,30)20(29)8-4-14-3-7-18-19(9-14)31-23-21(18)22(26-13-27-23)28-17-6-5-15-11-25-12-16(15)10-17;20-7-11-1-4-15-16(5-11)25-19-17(15)18(22-10-23-19)24-14-3-2-12-8-21-9-13(12)6-14/h5-6,10,12-14,30H,3-4,7-9,11H2,1-2H3,(H,26,27,28);2-3,6,9-11H,1,4-5,7-8,20H2,(H,22,23,24). The largest absolute Gasteiger partial charge is 0.383 e. The normalized spacial score (nSPS) is 17.9. The van der Waals surface area contributed by atoms with Gasteiger partial charge in [0.2, 0.25) is 0 Å². The third-order valence-corrected chi connectivity index (χ3v) is 13.8. The number of benzene rings is 2. The fraction of sp³-hybridized carbons (Fsp3) is 0.372. The third kappa shape index (κ3) is 7.36. The first-order valence-electron chi connectivity index (χ1n) is 19.5. The number of Topliss-reactive ketones (excluding diaryl/α,β-unsaturated/α-hetero) is 1. The van der Waals surface area contributed by atoms with Gasteiger partial charge in [-0.1, -0.05) is 12.1 Å². The van der Waals surface area contributed by atoms with Gasteiger partial charge in [-0.05, 0) is 135 Å². The van der Waals surface area contributed by atoms with Crippen LogP contribution >= 0.6 is 22.7 Å². The number of rotatable bonds is 9. The Morgan fingerprint density at radius 1 is 0.786 bits per heavy atom. The van der Waals surface area contributed by atoms with Crippen molar-refractivity contribution in [3.05, 3.63) is 92.2 Å². The number of carbonyl (C=O) groups excluding carboxylic acids is 1. The summed E-state index contributed by atoms with van der Waals surface area (Å²) in [6, 6.07) is 12.7. The number of hydrogen-bond acceptors (Lipinski definition) is 13. The molecule has 10 rings (SSSR count). The topological polar surface area (TPSA) is 164 Å². The van der Waals surface area contributed by atoms with Gasteiger partial charge in [0.15, 0.2) is 5.78 Å². The third-order valence-electron chi connectivity index (χ3n) is 11.5. The van der Waals surface area contributed by atoms with Crippen LogP contribution < -0.4 is 16.4 Å². The van der Waals surface area contributed by atoms with Crippen molar-refractivity contribution in [1.82, 2.24) is 19.9 Å².